The molecule has 3 N–H and O–H groups in total. The van der Waals surface area contributed by atoms with Crippen LogP contribution in [0.5, 0.6) is 0 Å². The lowest BCUT2D eigenvalue weighted by atomic mass is 9.53. The predicted molar refractivity (Wildman–Crippen MR) is 133 cm³/mol. The number of urea groups is 1. The number of hydrogen-bond acceptors (Lipinski definition) is 6. The van der Waals surface area contributed by atoms with Crippen LogP contribution in [-0.2, 0) is 14.3 Å². The molecule has 4 aliphatic rings. The van der Waals surface area contributed by atoms with Gasteiger partial charge in [-0.05, 0) is 89.2 Å². The summed E-state index contributed by atoms with van der Waals surface area (Å²) in [6.07, 6.45) is 7.23. The Morgan fingerprint density at radius 2 is 1.57 bits per heavy atom. The first-order chi connectivity index (χ1) is 16.5. The fraction of sp³-hybridized carbons (Fsp3) is 0.615. The molecule has 0 atom stereocenters. The van der Waals surface area contributed by atoms with Gasteiger partial charge in [-0.25, -0.2) is 9.59 Å². The van der Waals surface area contributed by atoms with Gasteiger partial charge in [-0.3, -0.25) is 14.9 Å². The normalized spacial score (nSPS) is 26.7. The van der Waals surface area contributed by atoms with Gasteiger partial charge in [0, 0.05) is 16.0 Å². The average molecular weight is 502 g/mol. The summed E-state index contributed by atoms with van der Waals surface area (Å²) in [7, 11) is 0. The maximum atomic E-state index is 12.9. The molecule has 1 aromatic carbocycles. The molecule has 9 heteroatoms. The van der Waals surface area contributed by atoms with Crippen LogP contribution in [0.25, 0.3) is 0 Å². The number of ether oxygens (including phenoxy) is 1. The molecule has 1 aromatic rings. The lowest BCUT2D eigenvalue weighted by molar-refractivity contribution is -0.124. The van der Waals surface area contributed by atoms with Crippen molar-refractivity contribution in [2.45, 2.75) is 75.3 Å². The van der Waals surface area contributed by atoms with E-state index in [0.29, 0.717) is 4.90 Å². The lowest BCUT2D eigenvalue weighted by Gasteiger charge is -2.56. The number of amides is 4. The second-order valence-electron chi connectivity index (χ2n) is 11.4. The van der Waals surface area contributed by atoms with Gasteiger partial charge in [-0.1, -0.05) is 12.1 Å². The van der Waals surface area contributed by atoms with Crippen LogP contribution >= 0.6 is 11.8 Å². The van der Waals surface area contributed by atoms with Crippen LogP contribution in [0.2, 0.25) is 0 Å². The largest absolute Gasteiger partial charge is 0.452 e. The molecule has 190 valence electrons. The molecular weight excluding hydrogens is 466 g/mol. The maximum absolute atomic E-state index is 12.9. The maximum Gasteiger partial charge on any atom is 0.339 e. The second kappa shape index (κ2) is 10.2. The summed E-state index contributed by atoms with van der Waals surface area (Å²) in [5.41, 5.74) is -0.261. The lowest BCUT2D eigenvalue weighted by Crippen LogP contribution is -2.60. The molecular formula is C26H35N3O5S. The van der Waals surface area contributed by atoms with E-state index in [9.17, 15) is 19.2 Å². The molecule has 35 heavy (non-hydrogen) atoms. The molecule has 0 aromatic heterocycles. The third kappa shape index (κ3) is 6.78. The molecule has 4 saturated carbocycles. The highest BCUT2D eigenvalue weighted by Gasteiger charge is 2.51. The number of thioether (sulfide) groups is 1. The van der Waals surface area contributed by atoms with Crippen LogP contribution in [0.15, 0.2) is 29.2 Å². The van der Waals surface area contributed by atoms with Crippen molar-refractivity contribution in [1.82, 2.24) is 16.0 Å². The molecule has 0 radical (unpaired) electrons. The number of nitrogens with one attached hydrogen (secondary N) is 3. The van der Waals surface area contributed by atoms with E-state index in [1.165, 1.54) is 31.0 Å². The number of carbonyl (C=O) groups excluding carboxylic acids is 4. The zero-order valence-electron chi connectivity index (χ0n) is 20.6. The van der Waals surface area contributed by atoms with E-state index in [1.54, 1.807) is 45.0 Å². The number of hydrogen-bond donors (Lipinski definition) is 3. The van der Waals surface area contributed by atoms with Crippen molar-refractivity contribution in [3.8, 4) is 0 Å². The van der Waals surface area contributed by atoms with E-state index in [1.807, 2.05) is 0 Å². The summed E-state index contributed by atoms with van der Waals surface area (Å²) >= 11 is 1.29. The fourth-order valence-electron chi connectivity index (χ4n) is 6.24. The SMILES string of the molecule is CC(C)(C)NC(=O)NC(=O)COC(=O)c1ccccc1SCC(=O)NC12CC3CC(CC(C3)C1)C2. The van der Waals surface area contributed by atoms with Crippen molar-refractivity contribution in [1.29, 1.82) is 0 Å². The Morgan fingerprint density at radius 1 is 0.971 bits per heavy atom. The topological polar surface area (TPSA) is 114 Å². The molecule has 0 aliphatic heterocycles. The number of imide groups is 1. The number of esters is 1. The zero-order valence-corrected chi connectivity index (χ0v) is 21.5. The van der Waals surface area contributed by atoms with Gasteiger partial charge in [0.05, 0.1) is 11.3 Å². The molecule has 5 rings (SSSR count). The van der Waals surface area contributed by atoms with Crippen LogP contribution in [-0.4, -0.2) is 47.3 Å². The highest BCUT2D eigenvalue weighted by Crippen LogP contribution is 2.55. The molecule has 0 spiro atoms. The summed E-state index contributed by atoms with van der Waals surface area (Å²) in [5.74, 6) is 1.05. The van der Waals surface area contributed by atoms with E-state index in [4.69, 9.17) is 4.74 Å². The second-order valence-corrected chi connectivity index (χ2v) is 12.4. The van der Waals surface area contributed by atoms with Crippen molar-refractivity contribution in [3.05, 3.63) is 29.8 Å². The first-order valence-electron chi connectivity index (χ1n) is 12.3. The van der Waals surface area contributed by atoms with E-state index in [2.05, 4.69) is 16.0 Å². The van der Waals surface area contributed by atoms with E-state index in [0.717, 1.165) is 37.0 Å². The van der Waals surface area contributed by atoms with Gasteiger partial charge in [0.2, 0.25) is 5.91 Å². The van der Waals surface area contributed by atoms with Gasteiger partial charge in [-0.15, -0.1) is 11.8 Å². The Bertz CT molecular complexity index is 968. The standard InChI is InChI=1S/C26H35N3O5S/c1-25(2,3)29-24(33)27-21(30)14-34-23(32)19-6-4-5-7-20(19)35-15-22(31)28-26-11-16-8-17(12-26)10-18(9-16)13-26/h4-7,16-18H,8-15H2,1-3H3,(H,28,31)(H2,27,29,30,33). The molecule has 0 saturated heterocycles. The highest BCUT2D eigenvalue weighted by atomic mass is 32.2. The van der Waals surface area contributed by atoms with Crippen molar-refractivity contribution in [2.75, 3.05) is 12.4 Å². The number of carbonyl (C=O) groups is 4. The minimum absolute atomic E-state index is 0.00985. The number of benzene rings is 1. The summed E-state index contributed by atoms with van der Waals surface area (Å²) in [4.78, 5) is 49.8. The summed E-state index contributed by atoms with van der Waals surface area (Å²) in [5, 5.41) is 8.09. The Morgan fingerprint density at radius 3 is 2.17 bits per heavy atom. The van der Waals surface area contributed by atoms with Gasteiger partial charge in [0.15, 0.2) is 6.61 Å². The van der Waals surface area contributed by atoms with E-state index < -0.39 is 30.1 Å². The predicted octanol–water partition coefficient (Wildman–Crippen LogP) is 3.64. The Labute approximate surface area is 210 Å². The molecule has 4 fully saturated rings. The molecule has 4 bridgehead atoms. The van der Waals surface area contributed by atoms with Gasteiger partial charge in [0.25, 0.3) is 5.91 Å². The Balaban J connectivity index is 1.27. The van der Waals surface area contributed by atoms with Crippen molar-refractivity contribution >= 4 is 35.6 Å². The van der Waals surface area contributed by atoms with Crippen LogP contribution in [0.1, 0.15) is 69.7 Å². The van der Waals surface area contributed by atoms with Crippen LogP contribution in [0.3, 0.4) is 0 Å². The Kier molecular flexibility index (Phi) is 7.45. The minimum atomic E-state index is -0.722. The summed E-state index contributed by atoms with van der Waals surface area (Å²) in [6.45, 7) is 4.78. The fourth-order valence-corrected chi connectivity index (χ4v) is 7.08. The van der Waals surface area contributed by atoms with Gasteiger partial charge in [-0.2, -0.15) is 0 Å². The minimum Gasteiger partial charge on any atom is -0.452 e. The molecule has 4 aliphatic carbocycles. The van der Waals surface area contributed by atoms with Crippen LogP contribution in [0, 0.1) is 17.8 Å². The summed E-state index contributed by atoms with van der Waals surface area (Å²) in [6, 6.07) is 6.20. The van der Waals surface area contributed by atoms with Crippen LogP contribution < -0.4 is 16.0 Å². The summed E-state index contributed by atoms with van der Waals surface area (Å²) < 4.78 is 5.11. The monoisotopic (exact) mass is 501 g/mol. The zero-order chi connectivity index (χ0) is 25.2. The third-order valence-electron chi connectivity index (χ3n) is 6.98. The molecule has 4 amide bonds. The highest BCUT2D eigenvalue weighted by molar-refractivity contribution is 8.00. The van der Waals surface area contributed by atoms with Crippen molar-refractivity contribution in [2.24, 2.45) is 17.8 Å². The van der Waals surface area contributed by atoms with E-state index in [-0.39, 0.29) is 22.8 Å². The molecule has 8 nitrogen and oxygen atoms in total. The Hall–Kier alpha value is -2.55. The van der Waals surface area contributed by atoms with Gasteiger partial charge < -0.3 is 15.4 Å². The quantitative estimate of drug-likeness (QED) is 0.388. The van der Waals surface area contributed by atoms with Crippen molar-refractivity contribution in [3.63, 3.8) is 0 Å². The molecule has 0 heterocycles. The van der Waals surface area contributed by atoms with Gasteiger partial charge >= 0.3 is 12.0 Å². The van der Waals surface area contributed by atoms with E-state index >= 15 is 0 Å². The smallest absolute Gasteiger partial charge is 0.339 e. The van der Waals surface area contributed by atoms with Gasteiger partial charge in [0.1, 0.15) is 0 Å². The van der Waals surface area contributed by atoms with Crippen molar-refractivity contribution < 1.29 is 23.9 Å². The first-order valence-corrected chi connectivity index (χ1v) is 13.3. The average Bonchev–Trinajstić information content (AvgIpc) is 2.73. The number of rotatable bonds is 7. The van der Waals surface area contributed by atoms with Crippen LogP contribution in [0.4, 0.5) is 4.79 Å². The molecule has 0 unspecified atom stereocenters. The third-order valence-corrected chi connectivity index (χ3v) is 8.06. The first kappa shape index (κ1) is 25.5.